The van der Waals surface area contributed by atoms with E-state index in [4.69, 9.17) is 9.47 Å². The Kier molecular flexibility index (Phi) is 3.43. The average Bonchev–Trinajstić information content (AvgIpc) is 2.81. The molecule has 0 aliphatic carbocycles. The van der Waals surface area contributed by atoms with Gasteiger partial charge in [-0.25, -0.2) is 0 Å². The number of carbonyl (C=O) groups is 1. The lowest BCUT2D eigenvalue weighted by atomic mass is 10.1. The molecule has 0 unspecified atom stereocenters. The zero-order valence-electron chi connectivity index (χ0n) is 13.1. The molecule has 2 aromatic carbocycles. The zero-order chi connectivity index (χ0) is 15.9. The molecule has 0 aromatic heterocycles. The lowest BCUT2D eigenvalue weighted by Crippen LogP contribution is -2.47. The third kappa shape index (κ3) is 2.26. The molecule has 118 valence electrons. The van der Waals surface area contributed by atoms with E-state index in [0.29, 0.717) is 19.8 Å². The minimum absolute atomic E-state index is 0.126. The quantitative estimate of drug-likeness (QED) is 0.855. The number of aryl methyl sites for hydroxylation is 1. The molecule has 0 N–H and O–H groups in total. The minimum Gasteiger partial charge on any atom is -0.338 e. The summed E-state index contributed by atoms with van der Waals surface area (Å²) in [6.07, 6.45) is 0.815. The molecule has 2 aromatic rings. The number of para-hydroxylation sites is 1. The largest absolute Gasteiger partial charge is 0.338 e. The first kappa shape index (κ1) is 14.4. The molecule has 1 fully saturated rings. The van der Waals surface area contributed by atoms with E-state index in [1.54, 1.807) is 4.90 Å². The van der Waals surface area contributed by atoms with Gasteiger partial charge in [0, 0.05) is 5.56 Å². The summed E-state index contributed by atoms with van der Waals surface area (Å²) in [5.74, 6) is -1.38. The molecular formula is C19H19NO3. The highest BCUT2D eigenvalue weighted by Gasteiger charge is 2.54. The van der Waals surface area contributed by atoms with Gasteiger partial charge in [-0.15, -0.1) is 0 Å². The predicted octanol–water partition coefficient (Wildman–Crippen LogP) is 3.13. The molecule has 23 heavy (non-hydrogen) atoms. The molecule has 4 nitrogen and oxygen atoms in total. The van der Waals surface area contributed by atoms with Gasteiger partial charge in [0.15, 0.2) is 0 Å². The summed E-state index contributed by atoms with van der Waals surface area (Å²) in [4.78, 5) is 14.9. The Bertz CT molecular complexity index is 733. The number of anilines is 1. The Morgan fingerprint density at radius 3 is 2.48 bits per heavy atom. The van der Waals surface area contributed by atoms with Crippen molar-refractivity contribution in [1.29, 1.82) is 0 Å². The number of rotatable bonds is 2. The number of fused-ring (bicyclic) bond motifs is 2. The van der Waals surface area contributed by atoms with Crippen LogP contribution in [-0.4, -0.2) is 19.1 Å². The van der Waals surface area contributed by atoms with Crippen molar-refractivity contribution in [2.75, 3.05) is 18.1 Å². The fourth-order valence-corrected chi connectivity index (χ4v) is 3.23. The van der Waals surface area contributed by atoms with Gasteiger partial charge in [0.1, 0.15) is 0 Å². The van der Waals surface area contributed by atoms with Crippen LogP contribution in [0, 0.1) is 6.92 Å². The highest BCUT2D eigenvalue weighted by atomic mass is 16.7. The second kappa shape index (κ2) is 5.48. The van der Waals surface area contributed by atoms with E-state index in [0.717, 1.165) is 23.2 Å². The molecule has 2 aliphatic heterocycles. The van der Waals surface area contributed by atoms with Gasteiger partial charge in [-0.05, 0) is 25.0 Å². The van der Waals surface area contributed by atoms with Crippen LogP contribution < -0.4 is 4.90 Å². The van der Waals surface area contributed by atoms with Crippen LogP contribution in [0.2, 0.25) is 0 Å². The summed E-state index contributed by atoms with van der Waals surface area (Å²) in [7, 11) is 0. The second-order valence-corrected chi connectivity index (χ2v) is 6.06. The van der Waals surface area contributed by atoms with Crippen molar-refractivity contribution < 1.29 is 14.3 Å². The van der Waals surface area contributed by atoms with Gasteiger partial charge >= 0.3 is 0 Å². The fraction of sp³-hybridized carbons (Fsp3) is 0.316. The smallest absolute Gasteiger partial charge is 0.292 e. The summed E-state index contributed by atoms with van der Waals surface area (Å²) in [5, 5.41) is 0. The van der Waals surface area contributed by atoms with E-state index in [9.17, 15) is 4.79 Å². The fourth-order valence-electron chi connectivity index (χ4n) is 3.23. The van der Waals surface area contributed by atoms with Gasteiger partial charge in [-0.3, -0.25) is 4.79 Å². The van der Waals surface area contributed by atoms with Gasteiger partial charge in [0.25, 0.3) is 11.7 Å². The molecule has 2 aliphatic rings. The number of nitrogens with zero attached hydrogens (tertiary/aromatic N) is 1. The Labute approximate surface area is 135 Å². The molecule has 0 saturated carbocycles. The van der Waals surface area contributed by atoms with Gasteiger partial charge in [0.2, 0.25) is 0 Å². The van der Waals surface area contributed by atoms with Gasteiger partial charge in [-0.1, -0.05) is 48.0 Å². The number of ether oxygens (including phenoxy) is 2. The number of hydrogen-bond donors (Lipinski definition) is 0. The average molecular weight is 309 g/mol. The first-order valence-corrected chi connectivity index (χ1v) is 7.96. The molecule has 2 heterocycles. The minimum atomic E-state index is -1.25. The monoisotopic (exact) mass is 309 g/mol. The summed E-state index contributed by atoms with van der Waals surface area (Å²) in [6.45, 7) is 3.65. The van der Waals surface area contributed by atoms with Crippen LogP contribution in [0.5, 0.6) is 0 Å². The molecular weight excluding hydrogens is 290 g/mol. The molecule has 0 atom stereocenters. The van der Waals surface area contributed by atoms with E-state index < -0.39 is 5.79 Å². The Morgan fingerprint density at radius 2 is 1.74 bits per heavy atom. The maximum Gasteiger partial charge on any atom is 0.292 e. The normalized spacial score (nSPS) is 19.2. The van der Waals surface area contributed by atoms with Gasteiger partial charge in [0.05, 0.1) is 25.4 Å². The maximum absolute atomic E-state index is 13.1. The van der Waals surface area contributed by atoms with E-state index in [1.165, 1.54) is 5.56 Å². The topological polar surface area (TPSA) is 38.8 Å². The van der Waals surface area contributed by atoms with Crippen molar-refractivity contribution in [3.63, 3.8) is 0 Å². The Hall–Kier alpha value is -2.17. The summed E-state index contributed by atoms with van der Waals surface area (Å²) in [5.41, 5.74) is 3.99. The summed E-state index contributed by atoms with van der Waals surface area (Å²) < 4.78 is 11.7. The summed E-state index contributed by atoms with van der Waals surface area (Å²) in [6, 6.07) is 16.0. The van der Waals surface area contributed by atoms with Crippen molar-refractivity contribution in [2.45, 2.75) is 25.7 Å². The van der Waals surface area contributed by atoms with Crippen LogP contribution in [0.25, 0.3) is 0 Å². The van der Waals surface area contributed by atoms with Crippen LogP contribution in [0.15, 0.2) is 48.5 Å². The molecule has 4 rings (SSSR count). The van der Waals surface area contributed by atoms with Crippen LogP contribution in [0.1, 0.15) is 23.1 Å². The molecule has 1 saturated heterocycles. The van der Waals surface area contributed by atoms with Crippen LogP contribution in [-0.2, 0) is 26.6 Å². The molecule has 1 amide bonds. The highest BCUT2D eigenvalue weighted by molar-refractivity contribution is 6.06. The molecule has 1 spiro atoms. The lowest BCUT2D eigenvalue weighted by Gasteiger charge is -2.32. The van der Waals surface area contributed by atoms with Crippen molar-refractivity contribution in [3.8, 4) is 0 Å². The third-order valence-electron chi connectivity index (χ3n) is 4.44. The lowest BCUT2D eigenvalue weighted by molar-refractivity contribution is -0.256. The number of carbonyl (C=O) groups excluding carboxylic acids is 1. The number of benzene rings is 2. The number of amides is 1. The van der Waals surface area contributed by atoms with Crippen molar-refractivity contribution in [3.05, 3.63) is 65.2 Å². The molecule has 4 heteroatoms. The SMILES string of the molecule is Cc1ccc(CN2C(=O)C3(OCCCO3)c3ccccc32)cc1. The highest BCUT2D eigenvalue weighted by Crippen LogP contribution is 2.45. The van der Waals surface area contributed by atoms with Gasteiger partial charge < -0.3 is 14.4 Å². The van der Waals surface area contributed by atoms with E-state index in [2.05, 4.69) is 31.2 Å². The second-order valence-electron chi connectivity index (χ2n) is 6.06. The summed E-state index contributed by atoms with van der Waals surface area (Å²) >= 11 is 0. The zero-order valence-corrected chi connectivity index (χ0v) is 13.1. The first-order valence-electron chi connectivity index (χ1n) is 7.96. The van der Waals surface area contributed by atoms with Crippen LogP contribution in [0.4, 0.5) is 5.69 Å². The van der Waals surface area contributed by atoms with Crippen LogP contribution >= 0.6 is 0 Å². The van der Waals surface area contributed by atoms with E-state index >= 15 is 0 Å². The number of hydrogen-bond acceptors (Lipinski definition) is 3. The van der Waals surface area contributed by atoms with Crippen molar-refractivity contribution in [1.82, 2.24) is 0 Å². The van der Waals surface area contributed by atoms with Gasteiger partial charge in [-0.2, -0.15) is 0 Å². The third-order valence-corrected chi connectivity index (χ3v) is 4.44. The standard InChI is InChI=1S/C19H19NO3/c1-14-7-9-15(10-8-14)13-20-17-6-3-2-5-16(17)19(18(20)21)22-11-4-12-23-19/h2-3,5-10H,4,11-13H2,1H3. The van der Waals surface area contributed by atoms with E-state index in [1.807, 2.05) is 24.3 Å². The first-order chi connectivity index (χ1) is 11.2. The Morgan fingerprint density at radius 1 is 1.04 bits per heavy atom. The van der Waals surface area contributed by atoms with Crippen molar-refractivity contribution >= 4 is 11.6 Å². The molecule has 0 bridgehead atoms. The maximum atomic E-state index is 13.1. The van der Waals surface area contributed by atoms with E-state index in [-0.39, 0.29) is 5.91 Å². The predicted molar refractivity (Wildman–Crippen MR) is 87.0 cm³/mol. The molecule has 0 radical (unpaired) electrons. The Balaban J connectivity index is 1.73. The van der Waals surface area contributed by atoms with Crippen molar-refractivity contribution in [2.24, 2.45) is 0 Å². The van der Waals surface area contributed by atoms with Crippen LogP contribution in [0.3, 0.4) is 0 Å².